The van der Waals surface area contributed by atoms with Crippen molar-refractivity contribution in [2.75, 3.05) is 50.2 Å². The summed E-state index contributed by atoms with van der Waals surface area (Å²) >= 11 is 0. The number of nitriles is 1. The second kappa shape index (κ2) is 8.92. The van der Waals surface area contributed by atoms with Crippen LogP contribution in [0.4, 0.5) is 11.4 Å². The maximum Gasteiger partial charge on any atom is 0.262 e. The molecule has 1 N–H and O–H groups in total. The Bertz CT molecular complexity index is 824. The highest BCUT2D eigenvalue weighted by molar-refractivity contribution is 5.92. The predicted molar refractivity (Wildman–Crippen MR) is 101 cm³/mol. The Hall–Kier alpha value is -3.24. The summed E-state index contributed by atoms with van der Waals surface area (Å²) in [5, 5.41) is 11.7. The van der Waals surface area contributed by atoms with Gasteiger partial charge in [-0.05, 0) is 36.4 Å². The lowest BCUT2D eigenvalue weighted by molar-refractivity contribution is -0.118. The molecule has 1 heterocycles. The quantitative estimate of drug-likeness (QED) is 0.844. The van der Waals surface area contributed by atoms with Crippen molar-refractivity contribution in [3.8, 4) is 17.6 Å². The maximum absolute atomic E-state index is 12.1. The third-order valence-electron chi connectivity index (χ3n) is 4.18. The minimum atomic E-state index is -0.277. The molecule has 0 atom stereocenters. The molecule has 2 aromatic carbocycles. The molecule has 1 aliphatic heterocycles. The van der Waals surface area contributed by atoms with Gasteiger partial charge >= 0.3 is 0 Å². The zero-order valence-electron chi connectivity index (χ0n) is 15.1. The van der Waals surface area contributed by atoms with Crippen LogP contribution in [0, 0.1) is 11.3 Å². The standard InChI is InChI=1S/C20H21N3O4/c1-25-19-12-15(13-21)2-7-18(19)27-14-20(24)22-16-3-5-17(6-4-16)23-8-10-26-11-9-23/h2-7,12H,8-11,14H2,1H3,(H,22,24). The lowest BCUT2D eigenvalue weighted by Gasteiger charge is -2.28. The van der Waals surface area contributed by atoms with Crippen LogP contribution in [0.25, 0.3) is 0 Å². The molecule has 0 unspecified atom stereocenters. The average Bonchev–Trinajstić information content (AvgIpc) is 2.73. The van der Waals surface area contributed by atoms with Gasteiger partial charge in [-0.2, -0.15) is 5.26 Å². The first-order valence-electron chi connectivity index (χ1n) is 8.63. The van der Waals surface area contributed by atoms with Crippen molar-refractivity contribution in [3.05, 3.63) is 48.0 Å². The summed E-state index contributed by atoms with van der Waals surface area (Å²) in [5.74, 6) is 0.548. The molecule has 2 aromatic rings. The van der Waals surface area contributed by atoms with E-state index >= 15 is 0 Å². The van der Waals surface area contributed by atoms with Crippen LogP contribution < -0.4 is 19.7 Å². The van der Waals surface area contributed by atoms with Crippen LogP contribution in [0.15, 0.2) is 42.5 Å². The molecule has 140 valence electrons. The number of morpholine rings is 1. The van der Waals surface area contributed by atoms with Gasteiger partial charge in [-0.3, -0.25) is 4.79 Å². The predicted octanol–water partition coefficient (Wildman–Crippen LogP) is 2.42. The van der Waals surface area contributed by atoms with E-state index in [-0.39, 0.29) is 12.5 Å². The van der Waals surface area contributed by atoms with E-state index in [1.54, 1.807) is 18.2 Å². The van der Waals surface area contributed by atoms with Gasteiger partial charge in [0.05, 0.1) is 32.0 Å². The number of nitrogens with zero attached hydrogens (tertiary/aromatic N) is 2. The van der Waals surface area contributed by atoms with Crippen LogP contribution in [0.5, 0.6) is 11.5 Å². The van der Waals surface area contributed by atoms with Crippen molar-refractivity contribution in [1.82, 2.24) is 0 Å². The van der Waals surface area contributed by atoms with Gasteiger partial charge in [0, 0.05) is 30.5 Å². The summed E-state index contributed by atoms with van der Waals surface area (Å²) in [6, 6.07) is 14.5. The van der Waals surface area contributed by atoms with E-state index in [1.807, 2.05) is 30.3 Å². The van der Waals surface area contributed by atoms with Gasteiger partial charge < -0.3 is 24.4 Å². The first-order valence-corrected chi connectivity index (χ1v) is 8.63. The normalized spacial score (nSPS) is 13.6. The van der Waals surface area contributed by atoms with E-state index in [2.05, 4.69) is 10.2 Å². The van der Waals surface area contributed by atoms with E-state index in [0.29, 0.717) is 22.7 Å². The molecule has 0 spiro atoms. The number of nitrogens with one attached hydrogen (secondary N) is 1. The topological polar surface area (TPSA) is 83.8 Å². The van der Waals surface area contributed by atoms with Crippen molar-refractivity contribution in [2.45, 2.75) is 0 Å². The summed E-state index contributed by atoms with van der Waals surface area (Å²) in [7, 11) is 1.49. The van der Waals surface area contributed by atoms with Gasteiger partial charge in [0.2, 0.25) is 0 Å². The van der Waals surface area contributed by atoms with Gasteiger partial charge in [-0.15, -0.1) is 0 Å². The Labute approximate surface area is 158 Å². The molecule has 0 aromatic heterocycles. The van der Waals surface area contributed by atoms with Crippen molar-refractivity contribution in [2.24, 2.45) is 0 Å². The molecular formula is C20H21N3O4. The molecule has 7 heteroatoms. The second-order valence-corrected chi connectivity index (χ2v) is 5.96. The summed E-state index contributed by atoms with van der Waals surface area (Å²) < 4.78 is 16.1. The number of benzene rings is 2. The fourth-order valence-corrected chi connectivity index (χ4v) is 2.77. The SMILES string of the molecule is COc1cc(C#N)ccc1OCC(=O)Nc1ccc(N2CCOCC2)cc1. The Morgan fingerprint density at radius 1 is 1.19 bits per heavy atom. The highest BCUT2D eigenvalue weighted by Gasteiger charge is 2.12. The smallest absolute Gasteiger partial charge is 0.262 e. The maximum atomic E-state index is 12.1. The van der Waals surface area contributed by atoms with Crippen LogP contribution in [0.3, 0.4) is 0 Å². The Kier molecular flexibility index (Phi) is 6.13. The van der Waals surface area contributed by atoms with E-state index < -0.39 is 0 Å². The largest absolute Gasteiger partial charge is 0.493 e. The monoisotopic (exact) mass is 367 g/mol. The number of hydrogen-bond donors (Lipinski definition) is 1. The van der Waals surface area contributed by atoms with Gasteiger partial charge in [0.15, 0.2) is 18.1 Å². The minimum Gasteiger partial charge on any atom is -0.493 e. The number of methoxy groups -OCH3 is 1. The lowest BCUT2D eigenvalue weighted by Crippen LogP contribution is -2.36. The molecule has 0 aliphatic carbocycles. The third kappa shape index (κ3) is 4.90. The molecule has 0 saturated carbocycles. The number of rotatable bonds is 6. The van der Waals surface area contributed by atoms with Crippen molar-refractivity contribution in [3.63, 3.8) is 0 Å². The van der Waals surface area contributed by atoms with Crippen LogP contribution in [-0.4, -0.2) is 45.9 Å². The molecule has 1 amide bonds. The van der Waals surface area contributed by atoms with E-state index in [4.69, 9.17) is 19.5 Å². The number of ether oxygens (including phenoxy) is 3. The fourth-order valence-electron chi connectivity index (χ4n) is 2.77. The van der Waals surface area contributed by atoms with Crippen molar-refractivity contribution in [1.29, 1.82) is 5.26 Å². The lowest BCUT2D eigenvalue weighted by atomic mass is 10.2. The van der Waals surface area contributed by atoms with Gasteiger partial charge in [-0.1, -0.05) is 0 Å². The Morgan fingerprint density at radius 2 is 1.93 bits per heavy atom. The highest BCUT2D eigenvalue weighted by atomic mass is 16.5. The second-order valence-electron chi connectivity index (χ2n) is 5.96. The first kappa shape index (κ1) is 18.5. The number of amides is 1. The molecule has 3 rings (SSSR count). The zero-order chi connectivity index (χ0) is 19.1. The summed E-state index contributed by atoms with van der Waals surface area (Å²) in [4.78, 5) is 14.4. The van der Waals surface area contributed by atoms with E-state index in [1.165, 1.54) is 7.11 Å². The fraction of sp³-hybridized carbons (Fsp3) is 0.300. The Balaban J connectivity index is 1.54. The molecule has 0 bridgehead atoms. The van der Waals surface area contributed by atoms with Crippen LogP contribution in [0.1, 0.15) is 5.56 Å². The molecule has 27 heavy (non-hydrogen) atoms. The van der Waals surface area contributed by atoms with Crippen LogP contribution in [-0.2, 0) is 9.53 Å². The molecule has 1 saturated heterocycles. The van der Waals surface area contributed by atoms with Crippen LogP contribution >= 0.6 is 0 Å². The zero-order valence-corrected chi connectivity index (χ0v) is 15.1. The molecular weight excluding hydrogens is 346 g/mol. The van der Waals surface area contributed by atoms with Crippen LogP contribution in [0.2, 0.25) is 0 Å². The van der Waals surface area contributed by atoms with Gasteiger partial charge in [-0.25, -0.2) is 0 Å². The third-order valence-corrected chi connectivity index (χ3v) is 4.18. The highest BCUT2D eigenvalue weighted by Crippen LogP contribution is 2.27. The van der Waals surface area contributed by atoms with Gasteiger partial charge in [0.1, 0.15) is 0 Å². The van der Waals surface area contributed by atoms with Gasteiger partial charge in [0.25, 0.3) is 5.91 Å². The minimum absolute atomic E-state index is 0.159. The van der Waals surface area contributed by atoms with E-state index in [0.717, 1.165) is 32.0 Å². The summed E-state index contributed by atoms with van der Waals surface area (Å²) in [6.45, 7) is 3.04. The van der Waals surface area contributed by atoms with E-state index in [9.17, 15) is 4.79 Å². The summed E-state index contributed by atoms with van der Waals surface area (Å²) in [6.07, 6.45) is 0. The molecule has 1 aliphatic rings. The number of hydrogen-bond acceptors (Lipinski definition) is 6. The Morgan fingerprint density at radius 3 is 2.59 bits per heavy atom. The summed E-state index contributed by atoms with van der Waals surface area (Å²) in [5.41, 5.74) is 2.27. The number of carbonyl (C=O) groups excluding carboxylic acids is 1. The van der Waals surface area contributed by atoms with Crippen molar-refractivity contribution < 1.29 is 19.0 Å². The molecule has 7 nitrogen and oxygen atoms in total. The molecule has 0 radical (unpaired) electrons. The number of anilines is 2. The van der Waals surface area contributed by atoms with Crippen molar-refractivity contribution >= 4 is 17.3 Å². The molecule has 1 fully saturated rings. The average molecular weight is 367 g/mol. The first-order chi connectivity index (χ1) is 13.2. The number of carbonyl (C=O) groups is 1.